The molecule has 0 saturated heterocycles. The third-order valence-corrected chi connectivity index (χ3v) is 4.93. The molecule has 0 bridgehead atoms. The molecule has 0 fully saturated rings. The highest BCUT2D eigenvalue weighted by Gasteiger charge is 2.18. The fourth-order valence-electron chi connectivity index (χ4n) is 3.35. The summed E-state index contributed by atoms with van der Waals surface area (Å²) in [5.74, 6) is -0.143. The minimum Gasteiger partial charge on any atom is -0.409 e. The second-order valence-electron chi connectivity index (χ2n) is 7.23. The molecule has 4 aromatic rings. The molecular weight excluding hydrogens is 408 g/mol. The molecule has 9 heteroatoms. The van der Waals surface area contributed by atoms with Gasteiger partial charge in [0, 0.05) is 6.54 Å². The van der Waals surface area contributed by atoms with Crippen LogP contribution >= 0.6 is 0 Å². The maximum Gasteiger partial charge on any atom is 0.326 e. The van der Waals surface area contributed by atoms with Crippen LogP contribution in [0.3, 0.4) is 0 Å². The number of benzene rings is 2. The Morgan fingerprint density at radius 1 is 1.09 bits per heavy atom. The van der Waals surface area contributed by atoms with Gasteiger partial charge >= 0.3 is 5.69 Å². The average Bonchev–Trinajstić information content (AvgIpc) is 3.13. The van der Waals surface area contributed by atoms with Crippen molar-refractivity contribution >= 4 is 28.6 Å². The molecule has 2 aromatic carbocycles. The number of rotatable bonds is 6. The van der Waals surface area contributed by atoms with E-state index in [0.717, 1.165) is 11.1 Å². The number of hydrogen-bond donors (Lipinski definition) is 4. The summed E-state index contributed by atoms with van der Waals surface area (Å²) in [6.07, 6.45) is 0. The van der Waals surface area contributed by atoms with Gasteiger partial charge in [-0.1, -0.05) is 65.8 Å². The van der Waals surface area contributed by atoms with Crippen LogP contribution < -0.4 is 16.3 Å². The number of imidazole rings is 1. The summed E-state index contributed by atoms with van der Waals surface area (Å²) in [4.78, 5) is 32.7. The summed E-state index contributed by atoms with van der Waals surface area (Å²) in [6, 6.07) is 20.8. The second-order valence-corrected chi connectivity index (χ2v) is 7.23. The van der Waals surface area contributed by atoms with Gasteiger partial charge in [0.25, 0.3) is 5.91 Å². The Kier molecular flexibility index (Phi) is 5.98. The van der Waals surface area contributed by atoms with Crippen LogP contribution in [0.25, 0.3) is 11.0 Å². The van der Waals surface area contributed by atoms with Crippen molar-refractivity contribution in [2.24, 2.45) is 5.16 Å². The van der Waals surface area contributed by atoms with E-state index < -0.39 is 5.91 Å². The summed E-state index contributed by atoms with van der Waals surface area (Å²) in [7, 11) is 0. The van der Waals surface area contributed by atoms with E-state index in [4.69, 9.17) is 5.21 Å². The number of pyridine rings is 1. The Labute approximate surface area is 183 Å². The van der Waals surface area contributed by atoms with E-state index in [1.807, 2.05) is 60.7 Å². The van der Waals surface area contributed by atoms with Crippen molar-refractivity contribution in [3.05, 3.63) is 94.0 Å². The molecule has 4 rings (SSSR count). The third kappa shape index (κ3) is 4.51. The van der Waals surface area contributed by atoms with Gasteiger partial charge in [0.2, 0.25) is 0 Å². The first-order valence-electron chi connectivity index (χ1n) is 10.0. The van der Waals surface area contributed by atoms with Gasteiger partial charge in [-0.2, -0.15) is 0 Å². The predicted octanol–water partition coefficient (Wildman–Crippen LogP) is 2.92. The minimum absolute atomic E-state index is 0.0337. The number of carbonyl (C=O) groups excluding carboxylic acids is 1. The van der Waals surface area contributed by atoms with Gasteiger partial charge < -0.3 is 20.8 Å². The van der Waals surface area contributed by atoms with Crippen molar-refractivity contribution in [2.45, 2.75) is 20.0 Å². The number of anilines is 1. The number of nitrogens with one attached hydrogen (secondary N) is 3. The number of aromatic amines is 1. The molecule has 0 radical (unpaired) electrons. The first-order valence-corrected chi connectivity index (χ1v) is 10.0. The monoisotopic (exact) mass is 430 g/mol. The zero-order valence-corrected chi connectivity index (χ0v) is 17.4. The molecule has 0 aliphatic carbocycles. The standard InChI is InChI=1S/C23H22N6O3/c1-15(28-32)25-22(30)18-12-19-20(21(26-18)24-13-16-8-4-2-5-9-16)27-23(31)29(19)14-17-10-6-3-7-11-17/h2-12,32H,13-14H2,1H3,(H,24,26)(H,27,31)(H,25,28,30). The summed E-state index contributed by atoms with van der Waals surface area (Å²) >= 11 is 0. The number of amides is 1. The number of aromatic nitrogens is 3. The minimum atomic E-state index is -0.551. The van der Waals surface area contributed by atoms with Crippen LogP contribution in [0.2, 0.25) is 0 Å². The van der Waals surface area contributed by atoms with Gasteiger partial charge in [0.15, 0.2) is 5.82 Å². The fourth-order valence-corrected chi connectivity index (χ4v) is 3.35. The molecule has 0 aliphatic heterocycles. The van der Waals surface area contributed by atoms with Crippen LogP contribution in [0.15, 0.2) is 76.7 Å². The lowest BCUT2D eigenvalue weighted by atomic mass is 10.2. The number of oxime groups is 1. The lowest BCUT2D eigenvalue weighted by molar-refractivity contribution is 0.0970. The highest BCUT2D eigenvalue weighted by atomic mass is 16.4. The number of carbonyl (C=O) groups is 1. The van der Waals surface area contributed by atoms with Crippen molar-refractivity contribution < 1.29 is 10.0 Å². The van der Waals surface area contributed by atoms with E-state index in [1.54, 1.807) is 10.6 Å². The average molecular weight is 430 g/mol. The molecule has 0 saturated carbocycles. The smallest absolute Gasteiger partial charge is 0.326 e. The third-order valence-electron chi connectivity index (χ3n) is 4.93. The summed E-state index contributed by atoms with van der Waals surface area (Å²) in [5, 5.41) is 17.5. The Morgan fingerprint density at radius 3 is 2.41 bits per heavy atom. The second kappa shape index (κ2) is 9.17. The summed E-state index contributed by atoms with van der Waals surface area (Å²) in [6.45, 7) is 2.24. The van der Waals surface area contributed by atoms with Crippen molar-refractivity contribution in [1.82, 2.24) is 19.9 Å². The van der Waals surface area contributed by atoms with E-state index in [-0.39, 0.29) is 17.2 Å². The largest absolute Gasteiger partial charge is 0.409 e. The molecule has 0 aliphatic rings. The van der Waals surface area contributed by atoms with Crippen LogP contribution in [0, 0.1) is 0 Å². The van der Waals surface area contributed by atoms with E-state index >= 15 is 0 Å². The summed E-state index contributed by atoms with van der Waals surface area (Å²) in [5.41, 5.74) is 2.78. The SMILES string of the molecule is CC(=NO)NC(=O)c1cc2c([nH]c(=O)n2Cc2ccccc2)c(NCc2ccccc2)n1. The highest BCUT2D eigenvalue weighted by molar-refractivity contribution is 6.06. The van der Waals surface area contributed by atoms with Crippen molar-refractivity contribution in [3.63, 3.8) is 0 Å². The zero-order chi connectivity index (χ0) is 22.5. The Morgan fingerprint density at radius 2 is 1.75 bits per heavy atom. The molecule has 32 heavy (non-hydrogen) atoms. The highest BCUT2D eigenvalue weighted by Crippen LogP contribution is 2.22. The lowest BCUT2D eigenvalue weighted by Crippen LogP contribution is -2.29. The number of amidine groups is 1. The molecular formula is C23H22N6O3. The van der Waals surface area contributed by atoms with Crippen molar-refractivity contribution in [2.75, 3.05) is 5.32 Å². The van der Waals surface area contributed by atoms with Crippen LogP contribution in [-0.4, -0.2) is 31.5 Å². The van der Waals surface area contributed by atoms with Gasteiger partial charge in [0.05, 0.1) is 12.1 Å². The van der Waals surface area contributed by atoms with Gasteiger partial charge in [0.1, 0.15) is 17.0 Å². The van der Waals surface area contributed by atoms with Gasteiger partial charge in [-0.25, -0.2) is 9.78 Å². The molecule has 4 N–H and O–H groups in total. The van der Waals surface area contributed by atoms with Gasteiger partial charge in [-0.3, -0.25) is 9.36 Å². The van der Waals surface area contributed by atoms with E-state index in [1.165, 1.54) is 6.92 Å². The molecule has 9 nitrogen and oxygen atoms in total. The summed E-state index contributed by atoms with van der Waals surface area (Å²) < 4.78 is 1.56. The van der Waals surface area contributed by atoms with Gasteiger partial charge in [-0.05, 0) is 24.1 Å². The topological polar surface area (TPSA) is 124 Å². The molecule has 0 atom stereocenters. The Bertz CT molecular complexity index is 1330. The Hall–Kier alpha value is -4.40. The molecule has 2 aromatic heterocycles. The van der Waals surface area contributed by atoms with E-state index in [2.05, 4.69) is 25.8 Å². The van der Waals surface area contributed by atoms with Crippen LogP contribution in [-0.2, 0) is 13.1 Å². The lowest BCUT2D eigenvalue weighted by Gasteiger charge is -2.11. The molecule has 2 heterocycles. The maximum atomic E-state index is 12.8. The normalized spacial score (nSPS) is 11.5. The molecule has 162 valence electrons. The first-order chi connectivity index (χ1) is 15.5. The maximum absolute atomic E-state index is 12.8. The number of H-pyrrole nitrogens is 1. The fraction of sp³-hybridized carbons (Fsp3) is 0.130. The zero-order valence-electron chi connectivity index (χ0n) is 17.4. The van der Waals surface area contributed by atoms with E-state index in [9.17, 15) is 9.59 Å². The number of nitrogens with zero attached hydrogens (tertiary/aromatic N) is 3. The van der Waals surface area contributed by atoms with Crippen LogP contribution in [0.1, 0.15) is 28.5 Å². The first kappa shape index (κ1) is 20.9. The van der Waals surface area contributed by atoms with Crippen molar-refractivity contribution in [3.8, 4) is 0 Å². The molecule has 1 amide bonds. The number of fused-ring (bicyclic) bond motifs is 1. The molecule has 0 spiro atoms. The number of hydrogen-bond acceptors (Lipinski definition) is 6. The Balaban J connectivity index is 1.78. The molecule has 0 unspecified atom stereocenters. The quantitative estimate of drug-likeness (QED) is 0.162. The van der Waals surface area contributed by atoms with Gasteiger partial charge in [-0.15, -0.1) is 0 Å². The van der Waals surface area contributed by atoms with Crippen molar-refractivity contribution in [1.29, 1.82) is 0 Å². The van der Waals surface area contributed by atoms with Crippen LogP contribution in [0.4, 0.5) is 5.82 Å². The predicted molar refractivity (Wildman–Crippen MR) is 122 cm³/mol. The van der Waals surface area contributed by atoms with E-state index in [0.29, 0.717) is 29.9 Å². The van der Waals surface area contributed by atoms with Crippen LogP contribution in [0.5, 0.6) is 0 Å².